The number of nitrogen functional groups attached to an aromatic ring is 1. The van der Waals surface area contributed by atoms with Gasteiger partial charge in [-0.05, 0) is 28.5 Å². The maximum Gasteiger partial charge on any atom is 0.0314 e. The normalized spacial score (nSPS) is 12.9. The molecule has 0 aliphatic rings. The molecule has 1 rings (SSSR count). The first kappa shape index (κ1) is 12.1. The Morgan fingerprint density at radius 3 is 1.87 bits per heavy atom. The van der Waals surface area contributed by atoms with Crippen molar-refractivity contribution in [3.8, 4) is 0 Å². The van der Waals surface area contributed by atoms with Gasteiger partial charge < -0.3 is 5.73 Å². The summed E-state index contributed by atoms with van der Waals surface area (Å²) in [7, 11) is 0. The van der Waals surface area contributed by atoms with E-state index in [2.05, 4.69) is 46.8 Å². The summed E-state index contributed by atoms with van der Waals surface area (Å²) in [5.41, 5.74) is 8.38. The first-order valence-electron chi connectivity index (χ1n) is 5.67. The number of nitrogens with two attached hydrogens (primary N) is 1. The molecule has 15 heavy (non-hydrogen) atoms. The molecule has 1 aromatic carbocycles. The Bertz CT molecular complexity index is 320. The Balaban J connectivity index is 3.10. The van der Waals surface area contributed by atoms with E-state index in [1.54, 1.807) is 0 Å². The number of anilines is 1. The molecule has 1 aromatic rings. The van der Waals surface area contributed by atoms with Crippen molar-refractivity contribution in [2.45, 2.75) is 46.5 Å². The molecule has 1 nitrogen and oxygen atoms in total. The molecule has 0 aromatic heterocycles. The zero-order chi connectivity index (χ0) is 11.7. The van der Waals surface area contributed by atoms with Crippen LogP contribution in [0.25, 0.3) is 0 Å². The van der Waals surface area contributed by atoms with Crippen LogP contribution in [0.4, 0.5) is 5.69 Å². The van der Waals surface area contributed by atoms with Crippen LogP contribution in [0.3, 0.4) is 0 Å². The SMILES string of the molecule is CCC(C)(C)C(C)(C)c1ccc(N)cc1. The zero-order valence-electron chi connectivity index (χ0n) is 10.6. The van der Waals surface area contributed by atoms with Gasteiger partial charge in [-0.3, -0.25) is 0 Å². The molecule has 0 heterocycles. The second-order valence-electron chi connectivity index (χ2n) is 5.48. The summed E-state index contributed by atoms with van der Waals surface area (Å²) in [4.78, 5) is 0. The third-order valence-corrected chi connectivity index (χ3v) is 4.21. The summed E-state index contributed by atoms with van der Waals surface area (Å²) in [5.74, 6) is 0. The van der Waals surface area contributed by atoms with Crippen LogP contribution in [-0.2, 0) is 5.41 Å². The highest BCUT2D eigenvalue weighted by atomic mass is 14.5. The van der Waals surface area contributed by atoms with E-state index in [0.717, 1.165) is 5.69 Å². The van der Waals surface area contributed by atoms with Gasteiger partial charge in [0.15, 0.2) is 0 Å². The Morgan fingerprint density at radius 1 is 1.00 bits per heavy atom. The van der Waals surface area contributed by atoms with Gasteiger partial charge in [-0.15, -0.1) is 0 Å². The van der Waals surface area contributed by atoms with E-state index in [9.17, 15) is 0 Å². The first-order valence-corrected chi connectivity index (χ1v) is 5.67. The zero-order valence-corrected chi connectivity index (χ0v) is 10.6. The summed E-state index contributed by atoms with van der Waals surface area (Å²) in [6, 6.07) is 8.27. The van der Waals surface area contributed by atoms with Gasteiger partial charge in [-0.25, -0.2) is 0 Å². The first-order chi connectivity index (χ1) is 6.81. The molecule has 0 spiro atoms. The van der Waals surface area contributed by atoms with Gasteiger partial charge >= 0.3 is 0 Å². The quantitative estimate of drug-likeness (QED) is 0.742. The van der Waals surface area contributed by atoms with E-state index in [1.165, 1.54) is 12.0 Å². The minimum Gasteiger partial charge on any atom is -0.399 e. The van der Waals surface area contributed by atoms with Crippen molar-refractivity contribution in [2.24, 2.45) is 5.41 Å². The summed E-state index contributed by atoms with van der Waals surface area (Å²) in [6.45, 7) is 11.5. The highest BCUT2D eigenvalue weighted by Gasteiger charge is 2.36. The number of hydrogen-bond acceptors (Lipinski definition) is 1. The van der Waals surface area contributed by atoms with Gasteiger partial charge in [0.25, 0.3) is 0 Å². The van der Waals surface area contributed by atoms with Crippen molar-refractivity contribution in [1.29, 1.82) is 0 Å². The monoisotopic (exact) mass is 205 g/mol. The van der Waals surface area contributed by atoms with Crippen molar-refractivity contribution in [1.82, 2.24) is 0 Å². The van der Waals surface area contributed by atoms with E-state index in [0.29, 0.717) is 5.41 Å². The standard InChI is InChI=1S/C14H23N/c1-6-13(2,3)14(4,5)11-7-9-12(15)10-8-11/h7-10H,6,15H2,1-5H3. The lowest BCUT2D eigenvalue weighted by Crippen LogP contribution is -2.35. The van der Waals surface area contributed by atoms with Crippen LogP contribution in [0.2, 0.25) is 0 Å². The van der Waals surface area contributed by atoms with E-state index >= 15 is 0 Å². The van der Waals surface area contributed by atoms with Crippen molar-refractivity contribution in [2.75, 3.05) is 5.73 Å². The summed E-state index contributed by atoms with van der Waals surface area (Å²) in [6.07, 6.45) is 1.17. The lowest BCUT2D eigenvalue weighted by Gasteiger charge is -2.41. The summed E-state index contributed by atoms with van der Waals surface area (Å²) in [5, 5.41) is 0. The van der Waals surface area contributed by atoms with Crippen LogP contribution in [0.1, 0.15) is 46.6 Å². The predicted molar refractivity (Wildman–Crippen MR) is 68.0 cm³/mol. The molecule has 0 saturated carbocycles. The van der Waals surface area contributed by atoms with E-state index in [1.807, 2.05) is 12.1 Å². The summed E-state index contributed by atoms with van der Waals surface area (Å²) >= 11 is 0. The third-order valence-electron chi connectivity index (χ3n) is 4.21. The van der Waals surface area contributed by atoms with Gasteiger partial charge in [0.1, 0.15) is 0 Å². The fourth-order valence-electron chi connectivity index (χ4n) is 1.73. The van der Waals surface area contributed by atoms with E-state index in [4.69, 9.17) is 5.73 Å². The number of hydrogen-bond donors (Lipinski definition) is 1. The topological polar surface area (TPSA) is 26.0 Å². The maximum atomic E-state index is 5.71. The van der Waals surface area contributed by atoms with Gasteiger partial charge in [-0.2, -0.15) is 0 Å². The molecule has 0 unspecified atom stereocenters. The highest BCUT2D eigenvalue weighted by Crippen LogP contribution is 2.43. The van der Waals surface area contributed by atoms with Gasteiger partial charge in [0, 0.05) is 5.69 Å². The molecule has 0 radical (unpaired) electrons. The predicted octanol–water partition coefficient (Wildman–Crippen LogP) is 3.98. The Labute approximate surface area is 93.7 Å². The molecule has 0 atom stereocenters. The van der Waals surface area contributed by atoms with Gasteiger partial charge in [-0.1, -0.05) is 53.2 Å². The largest absolute Gasteiger partial charge is 0.399 e. The van der Waals surface area contributed by atoms with E-state index in [-0.39, 0.29) is 5.41 Å². The molecular weight excluding hydrogens is 182 g/mol. The highest BCUT2D eigenvalue weighted by molar-refractivity contribution is 5.41. The third kappa shape index (κ3) is 2.17. The molecule has 0 aliphatic heterocycles. The van der Waals surface area contributed by atoms with Crippen LogP contribution in [0.5, 0.6) is 0 Å². The van der Waals surface area contributed by atoms with Crippen LogP contribution < -0.4 is 5.73 Å². The van der Waals surface area contributed by atoms with Crippen LogP contribution in [0, 0.1) is 5.41 Å². The van der Waals surface area contributed by atoms with Crippen LogP contribution in [0.15, 0.2) is 24.3 Å². The Morgan fingerprint density at radius 2 is 1.47 bits per heavy atom. The second kappa shape index (κ2) is 3.88. The lowest BCUT2D eigenvalue weighted by atomic mass is 9.63. The van der Waals surface area contributed by atoms with Crippen LogP contribution >= 0.6 is 0 Å². The average Bonchev–Trinajstić information content (AvgIpc) is 2.18. The molecule has 84 valence electrons. The minimum atomic E-state index is 0.176. The number of rotatable bonds is 3. The van der Waals surface area contributed by atoms with Crippen molar-refractivity contribution >= 4 is 5.69 Å². The molecule has 0 aliphatic carbocycles. The fraction of sp³-hybridized carbons (Fsp3) is 0.571. The van der Waals surface area contributed by atoms with E-state index < -0.39 is 0 Å². The average molecular weight is 205 g/mol. The molecule has 0 amide bonds. The van der Waals surface area contributed by atoms with Crippen molar-refractivity contribution < 1.29 is 0 Å². The van der Waals surface area contributed by atoms with Gasteiger partial charge in [0.05, 0.1) is 0 Å². The lowest BCUT2D eigenvalue weighted by molar-refractivity contribution is 0.189. The molecule has 0 bridgehead atoms. The Hall–Kier alpha value is -0.980. The molecule has 2 N–H and O–H groups in total. The molecule has 1 heteroatoms. The van der Waals surface area contributed by atoms with Crippen LogP contribution in [-0.4, -0.2) is 0 Å². The number of benzene rings is 1. The van der Waals surface area contributed by atoms with Crippen molar-refractivity contribution in [3.63, 3.8) is 0 Å². The maximum absolute atomic E-state index is 5.71. The fourth-order valence-corrected chi connectivity index (χ4v) is 1.73. The summed E-state index contributed by atoms with van der Waals surface area (Å²) < 4.78 is 0. The Kier molecular flexibility index (Phi) is 3.13. The smallest absolute Gasteiger partial charge is 0.0314 e. The van der Waals surface area contributed by atoms with Crippen molar-refractivity contribution in [3.05, 3.63) is 29.8 Å². The molecular formula is C14H23N. The molecule has 0 saturated heterocycles. The minimum absolute atomic E-state index is 0.176. The molecule has 0 fully saturated rings. The second-order valence-corrected chi connectivity index (χ2v) is 5.48. The van der Waals surface area contributed by atoms with Gasteiger partial charge in [0.2, 0.25) is 0 Å².